The molecule has 1 amide bonds. The summed E-state index contributed by atoms with van der Waals surface area (Å²) in [5.74, 6) is 0.892. The van der Waals surface area contributed by atoms with Crippen molar-refractivity contribution in [2.75, 3.05) is 13.2 Å². The van der Waals surface area contributed by atoms with Crippen LogP contribution in [0.3, 0.4) is 0 Å². The number of nitrogens with two attached hydrogens (primary N) is 1. The minimum Gasteiger partial charge on any atom is -0.493 e. The summed E-state index contributed by atoms with van der Waals surface area (Å²) in [6.07, 6.45) is 1.81. The number of benzene rings is 1. The monoisotopic (exact) mass is 270 g/mol. The van der Waals surface area contributed by atoms with Crippen molar-refractivity contribution in [1.29, 1.82) is 0 Å². The molecule has 1 aromatic carbocycles. The highest BCUT2D eigenvalue weighted by Gasteiger charge is 2.12. The van der Waals surface area contributed by atoms with Crippen LogP contribution in [-0.4, -0.2) is 25.1 Å². The lowest BCUT2D eigenvalue weighted by atomic mass is 10.1. The zero-order valence-electron chi connectivity index (χ0n) is 10.4. The van der Waals surface area contributed by atoms with Crippen LogP contribution in [0.15, 0.2) is 18.2 Å². The van der Waals surface area contributed by atoms with E-state index in [1.165, 1.54) is 11.1 Å². The second kappa shape index (κ2) is 6.61. The van der Waals surface area contributed by atoms with Crippen LogP contribution in [0.25, 0.3) is 0 Å². The Kier molecular flexibility index (Phi) is 5.44. The number of fused-ring (bicyclic) bond motifs is 1. The van der Waals surface area contributed by atoms with Crippen LogP contribution < -0.4 is 15.8 Å². The lowest BCUT2D eigenvalue weighted by Gasteiger charge is -2.08. The number of amides is 1. The fourth-order valence-electron chi connectivity index (χ4n) is 1.89. The van der Waals surface area contributed by atoms with Crippen LogP contribution in [0.5, 0.6) is 5.75 Å². The summed E-state index contributed by atoms with van der Waals surface area (Å²) < 4.78 is 5.44. The van der Waals surface area contributed by atoms with Crippen molar-refractivity contribution in [3.63, 3.8) is 0 Å². The SMILES string of the molecule is C[C@@H](N)C(=O)NCCc1ccc2c(c1)CCO2.Cl. The van der Waals surface area contributed by atoms with Gasteiger partial charge in [-0.15, -0.1) is 12.4 Å². The molecule has 5 heteroatoms. The van der Waals surface area contributed by atoms with Gasteiger partial charge in [-0.3, -0.25) is 4.79 Å². The molecule has 1 aliphatic heterocycles. The topological polar surface area (TPSA) is 64.4 Å². The molecule has 0 saturated heterocycles. The summed E-state index contributed by atoms with van der Waals surface area (Å²) in [4.78, 5) is 11.3. The first-order chi connectivity index (χ1) is 8.16. The van der Waals surface area contributed by atoms with Crippen LogP contribution in [0, 0.1) is 0 Å². The molecule has 0 aromatic heterocycles. The van der Waals surface area contributed by atoms with Gasteiger partial charge < -0.3 is 15.8 Å². The first kappa shape index (κ1) is 14.8. The second-order valence-corrected chi connectivity index (χ2v) is 4.37. The third kappa shape index (κ3) is 3.62. The molecule has 0 bridgehead atoms. The van der Waals surface area contributed by atoms with Gasteiger partial charge >= 0.3 is 0 Å². The Labute approximate surface area is 113 Å². The van der Waals surface area contributed by atoms with Crippen molar-refractivity contribution < 1.29 is 9.53 Å². The summed E-state index contributed by atoms with van der Waals surface area (Å²) in [6.45, 7) is 3.09. The Morgan fingerprint density at radius 2 is 2.33 bits per heavy atom. The van der Waals surface area contributed by atoms with Gasteiger partial charge in [-0.25, -0.2) is 0 Å². The van der Waals surface area contributed by atoms with E-state index in [9.17, 15) is 4.79 Å². The molecule has 0 unspecified atom stereocenters. The molecular weight excluding hydrogens is 252 g/mol. The molecule has 0 radical (unpaired) electrons. The van der Waals surface area contributed by atoms with Gasteiger partial charge in [0.15, 0.2) is 0 Å². The number of carbonyl (C=O) groups is 1. The Morgan fingerprint density at radius 3 is 3.06 bits per heavy atom. The molecule has 1 aromatic rings. The van der Waals surface area contributed by atoms with Crippen LogP contribution in [0.2, 0.25) is 0 Å². The van der Waals surface area contributed by atoms with Crippen molar-refractivity contribution in [3.8, 4) is 5.75 Å². The second-order valence-electron chi connectivity index (χ2n) is 4.37. The van der Waals surface area contributed by atoms with E-state index < -0.39 is 6.04 Å². The van der Waals surface area contributed by atoms with Gasteiger partial charge in [0, 0.05) is 13.0 Å². The minimum atomic E-state index is -0.441. The van der Waals surface area contributed by atoms with Gasteiger partial charge in [-0.05, 0) is 30.5 Å². The lowest BCUT2D eigenvalue weighted by molar-refractivity contribution is -0.121. The molecule has 0 spiro atoms. The average Bonchev–Trinajstić information content (AvgIpc) is 2.75. The minimum absolute atomic E-state index is 0. The van der Waals surface area contributed by atoms with E-state index in [0.29, 0.717) is 6.54 Å². The first-order valence-electron chi connectivity index (χ1n) is 5.94. The Hall–Kier alpha value is -1.26. The lowest BCUT2D eigenvalue weighted by Crippen LogP contribution is -2.39. The molecule has 0 saturated carbocycles. The molecule has 100 valence electrons. The molecule has 0 fully saturated rings. The average molecular weight is 271 g/mol. The van der Waals surface area contributed by atoms with Crippen LogP contribution in [-0.2, 0) is 17.6 Å². The predicted molar refractivity (Wildman–Crippen MR) is 73.3 cm³/mol. The molecule has 1 heterocycles. The molecule has 18 heavy (non-hydrogen) atoms. The maximum atomic E-state index is 11.3. The zero-order chi connectivity index (χ0) is 12.3. The van der Waals surface area contributed by atoms with E-state index >= 15 is 0 Å². The number of rotatable bonds is 4. The highest BCUT2D eigenvalue weighted by atomic mass is 35.5. The maximum absolute atomic E-state index is 11.3. The number of halogens is 1. The Morgan fingerprint density at radius 1 is 1.56 bits per heavy atom. The van der Waals surface area contributed by atoms with E-state index in [1.807, 2.05) is 12.1 Å². The summed E-state index contributed by atoms with van der Waals surface area (Å²) in [7, 11) is 0. The van der Waals surface area contributed by atoms with E-state index in [4.69, 9.17) is 10.5 Å². The van der Waals surface area contributed by atoms with Gasteiger partial charge in [0.1, 0.15) is 5.75 Å². The maximum Gasteiger partial charge on any atom is 0.236 e. The van der Waals surface area contributed by atoms with Crippen molar-refractivity contribution >= 4 is 18.3 Å². The third-order valence-corrected chi connectivity index (χ3v) is 2.88. The summed E-state index contributed by atoms with van der Waals surface area (Å²) >= 11 is 0. The number of hydrogen-bond acceptors (Lipinski definition) is 3. The predicted octanol–water partition coefficient (Wildman–Crippen LogP) is 1.05. The van der Waals surface area contributed by atoms with Crippen molar-refractivity contribution in [2.45, 2.75) is 25.8 Å². The first-order valence-corrected chi connectivity index (χ1v) is 5.94. The van der Waals surface area contributed by atoms with E-state index in [2.05, 4.69) is 11.4 Å². The molecule has 1 aliphatic rings. The van der Waals surface area contributed by atoms with E-state index in [0.717, 1.165) is 25.2 Å². The number of ether oxygens (including phenoxy) is 1. The molecular formula is C13H19ClN2O2. The fourth-order valence-corrected chi connectivity index (χ4v) is 1.89. The van der Waals surface area contributed by atoms with Crippen molar-refractivity contribution in [3.05, 3.63) is 29.3 Å². The van der Waals surface area contributed by atoms with Gasteiger partial charge in [0.05, 0.1) is 12.6 Å². The fraction of sp³-hybridized carbons (Fsp3) is 0.462. The van der Waals surface area contributed by atoms with E-state index in [1.54, 1.807) is 6.92 Å². The molecule has 1 atom stereocenters. The summed E-state index contributed by atoms with van der Waals surface area (Å²) in [6, 6.07) is 5.76. The number of nitrogens with one attached hydrogen (secondary N) is 1. The van der Waals surface area contributed by atoms with Gasteiger partial charge in [0.25, 0.3) is 0 Å². The van der Waals surface area contributed by atoms with Gasteiger partial charge in [-0.1, -0.05) is 12.1 Å². The molecule has 4 nitrogen and oxygen atoms in total. The summed E-state index contributed by atoms with van der Waals surface area (Å²) in [5.41, 5.74) is 7.95. The van der Waals surface area contributed by atoms with Crippen LogP contribution >= 0.6 is 12.4 Å². The van der Waals surface area contributed by atoms with Crippen molar-refractivity contribution in [1.82, 2.24) is 5.32 Å². The Bertz CT molecular complexity index is 421. The smallest absolute Gasteiger partial charge is 0.236 e. The van der Waals surface area contributed by atoms with Crippen molar-refractivity contribution in [2.24, 2.45) is 5.73 Å². The summed E-state index contributed by atoms with van der Waals surface area (Å²) in [5, 5.41) is 2.80. The highest BCUT2D eigenvalue weighted by molar-refractivity contribution is 5.85. The van der Waals surface area contributed by atoms with Crippen LogP contribution in [0.1, 0.15) is 18.1 Å². The molecule has 0 aliphatic carbocycles. The normalized spacial score (nSPS) is 14.1. The van der Waals surface area contributed by atoms with Gasteiger partial charge in [-0.2, -0.15) is 0 Å². The number of hydrogen-bond donors (Lipinski definition) is 2. The Balaban J connectivity index is 0.00000162. The zero-order valence-corrected chi connectivity index (χ0v) is 11.3. The standard InChI is InChI=1S/C13H18N2O2.ClH/c1-9(14)13(16)15-6-4-10-2-3-12-11(8-10)5-7-17-12;/h2-3,8-9H,4-7,14H2,1H3,(H,15,16);1H/t9-;/m1./s1. The third-order valence-electron chi connectivity index (χ3n) is 2.88. The molecule has 2 rings (SSSR count). The van der Waals surface area contributed by atoms with Crippen LogP contribution in [0.4, 0.5) is 0 Å². The van der Waals surface area contributed by atoms with E-state index in [-0.39, 0.29) is 18.3 Å². The quantitative estimate of drug-likeness (QED) is 0.860. The number of carbonyl (C=O) groups excluding carboxylic acids is 1. The highest BCUT2D eigenvalue weighted by Crippen LogP contribution is 2.25. The molecule has 3 N–H and O–H groups in total. The largest absolute Gasteiger partial charge is 0.493 e. The van der Waals surface area contributed by atoms with Gasteiger partial charge in [0.2, 0.25) is 5.91 Å².